The third-order valence-corrected chi connectivity index (χ3v) is 6.39. The average Bonchev–Trinajstić information content (AvgIpc) is 3.36. The zero-order valence-electron chi connectivity index (χ0n) is 15.6. The number of fused-ring (bicyclic) bond motifs is 5. The maximum atomic E-state index is 12.7. The van der Waals surface area contributed by atoms with Crippen molar-refractivity contribution in [2.45, 2.75) is 31.8 Å². The minimum Gasteiger partial charge on any atom is -0.325 e. The van der Waals surface area contributed by atoms with Gasteiger partial charge in [-0.15, -0.1) is 23.7 Å². The minimum absolute atomic E-state index is 0. The van der Waals surface area contributed by atoms with Gasteiger partial charge in [0.25, 0.3) is 0 Å². The smallest absolute Gasteiger partial charge is 0.238 e. The molecule has 1 saturated heterocycles. The number of thiazole rings is 1. The SMILES string of the molecule is Cc1nc(-c2cccc(NC(=O)CN3C4CCC3c3ccccc34)c2)cs1.Cl. The fourth-order valence-corrected chi connectivity index (χ4v) is 5.11. The molecule has 3 heterocycles. The number of nitrogens with zero attached hydrogens (tertiary/aromatic N) is 2. The van der Waals surface area contributed by atoms with Crippen molar-refractivity contribution in [1.82, 2.24) is 9.88 Å². The highest BCUT2D eigenvalue weighted by Gasteiger charge is 2.43. The Morgan fingerprint density at radius 3 is 2.50 bits per heavy atom. The van der Waals surface area contributed by atoms with Crippen molar-refractivity contribution < 1.29 is 4.79 Å². The molecular formula is C22H22ClN3OS. The van der Waals surface area contributed by atoms with E-state index in [1.165, 1.54) is 11.1 Å². The Morgan fingerprint density at radius 2 is 1.86 bits per heavy atom. The van der Waals surface area contributed by atoms with Crippen LogP contribution in [0.25, 0.3) is 11.3 Å². The van der Waals surface area contributed by atoms with E-state index in [-0.39, 0.29) is 18.3 Å². The first-order valence-corrected chi connectivity index (χ1v) is 10.2. The number of amides is 1. The van der Waals surface area contributed by atoms with Crippen LogP contribution < -0.4 is 5.32 Å². The van der Waals surface area contributed by atoms with Crippen LogP contribution in [0.5, 0.6) is 0 Å². The second-order valence-electron chi connectivity index (χ2n) is 7.29. The van der Waals surface area contributed by atoms with Gasteiger partial charge in [0.05, 0.1) is 17.2 Å². The number of nitrogens with one attached hydrogen (secondary N) is 1. The van der Waals surface area contributed by atoms with Crippen molar-refractivity contribution in [1.29, 1.82) is 0 Å². The summed E-state index contributed by atoms with van der Waals surface area (Å²) >= 11 is 1.64. The largest absolute Gasteiger partial charge is 0.325 e. The summed E-state index contributed by atoms with van der Waals surface area (Å²) in [4.78, 5) is 19.6. The molecule has 1 fully saturated rings. The highest BCUT2D eigenvalue weighted by Crippen LogP contribution is 2.52. The maximum Gasteiger partial charge on any atom is 0.238 e. The summed E-state index contributed by atoms with van der Waals surface area (Å²) in [5, 5.41) is 6.17. The van der Waals surface area contributed by atoms with Gasteiger partial charge in [-0.05, 0) is 43.0 Å². The van der Waals surface area contributed by atoms with Gasteiger partial charge in [-0.1, -0.05) is 36.4 Å². The van der Waals surface area contributed by atoms with Crippen LogP contribution in [0.3, 0.4) is 0 Å². The van der Waals surface area contributed by atoms with E-state index >= 15 is 0 Å². The van der Waals surface area contributed by atoms with E-state index in [1.807, 2.05) is 31.2 Å². The Morgan fingerprint density at radius 1 is 1.14 bits per heavy atom. The van der Waals surface area contributed by atoms with Crippen LogP contribution >= 0.6 is 23.7 Å². The Bertz CT molecular complexity index is 987. The van der Waals surface area contributed by atoms with Gasteiger partial charge in [0.2, 0.25) is 5.91 Å². The van der Waals surface area contributed by atoms with Gasteiger partial charge in [0.15, 0.2) is 0 Å². The average molecular weight is 412 g/mol. The lowest BCUT2D eigenvalue weighted by Crippen LogP contribution is -2.31. The molecule has 0 aliphatic carbocycles. The molecule has 3 aromatic rings. The summed E-state index contributed by atoms with van der Waals surface area (Å²) in [6.45, 7) is 2.44. The number of anilines is 1. The van der Waals surface area contributed by atoms with Gasteiger partial charge in [-0.3, -0.25) is 9.69 Å². The lowest BCUT2D eigenvalue weighted by atomic mass is 9.92. The molecule has 0 spiro atoms. The zero-order valence-corrected chi connectivity index (χ0v) is 17.2. The molecule has 1 amide bonds. The van der Waals surface area contributed by atoms with Crippen LogP contribution in [0.2, 0.25) is 0 Å². The van der Waals surface area contributed by atoms with Crippen molar-refractivity contribution in [3.63, 3.8) is 0 Å². The molecule has 2 bridgehead atoms. The summed E-state index contributed by atoms with van der Waals surface area (Å²) in [6.07, 6.45) is 2.29. The van der Waals surface area contributed by atoms with Gasteiger partial charge in [0, 0.05) is 28.7 Å². The van der Waals surface area contributed by atoms with Crippen molar-refractivity contribution in [2.24, 2.45) is 0 Å². The van der Waals surface area contributed by atoms with Gasteiger partial charge < -0.3 is 5.32 Å². The Kier molecular flexibility index (Phi) is 5.23. The molecule has 0 saturated carbocycles. The normalized spacial score (nSPS) is 19.9. The van der Waals surface area contributed by atoms with E-state index in [9.17, 15) is 4.79 Å². The van der Waals surface area contributed by atoms with Gasteiger partial charge >= 0.3 is 0 Å². The molecule has 1 aromatic heterocycles. The topological polar surface area (TPSA) is 45.2 Å². The summed E-state index contributed by atoms with van der Waals surface area (Å²) in [7, 11) is 0. The molecule has 2 atom stereocenters. The van der Waals surface area contributed by atoms with Crippen molar-refractivity contribution in [3.05, 3.63) is 70.0 Å². The third kappa shape index (κ3) is 3.34. The molecule has 28 heavy (non-hydrogen) atoms. The van der Waals surface area contributed by atoms with E-state index in [0.29, 0.717) is 18.6 Å². The molecule has 4 nitrogen and oxygen atoms in total. The first-order valence-electron chi connectivity index (χ1n) is 9.36. The van der Waals surface area contributed by atoms with E-state index in [2.05, 4.69) is 44.8 Å². The van der Waals surface area contributed by atoms with Crippen molar-refractivity contribution in [3.8, 4) is 11.3 Å². The number of rotatable bonds is 4. The molecule has 144 valence electrons. The van der Waals surface area contributed by atoms with Crippen LogP contribution in [0, 0.1) is 6.92 Å². The lowest BCUT2D eigenvalue weighted by molar-refractivity contribution is -0.117. The first-order chi connectivity index (χ1) is 13.2. The number of carbonyl (C=O) groups is 1. The molecule has 2 aliphatic heterocycles. The van der Waals surface area contributed by atoms with Crippen LogP contribution in [0.1, 0.15) is 41.1 Å². The predicted octanol–water partition coefficient (Wildman–Crippen LogP) is 5.37. The Hall–Kier alpha value is -2.21. The summed E-state index contributed by atoms with van der Waals surface area (Å²) < 4.78 is 0. The second-order valence-corrected chi connectivity index (χ2v) is 8.35. The third-order valence-electron chi connectivity index (χ3n) is 5.62. The quantitative estimate of drug-likeness (QED) is 0.627. The van der Waals surface area contributed by atoms with Crippen LogP contribution in [-0.4, -0.2) is 22.3 Å². The minimum atomic E-state index is 0. The number of hydrogen-bond acceptors (Lipinski definition) is 4. The number of carbonyl (C=O) groups excluding carboxylic acids is 1. The standard InChI is InChI=1S/C22H21N3OS.ClH/c1-14-23-19(13-27-14)15-5-4-6-16(11-15)24-22(26)12-25-20-9-10-21(25)18-8-3-2-7-17(18)20;/h2-8,11,13,20-21H,9-10,12H2,1H3,(H,24,26);1H. The van der Waals surface area contributed by atoms with Gasteiger partial charge in [-0.2, -0.15) is 0 Å². The molecule has 2 aromatic carbocycles. The van der Waals surface area contributed by atoms with Crippen LogP contribution in [-0.2, 0) is 4.79 Å². The van der Waals surface area contributed by atoms with Gasteiger partial charge in [-0.25, -0.2) is 4.98 Å². The molecule has 2 aliphatic rings. The second kappa shape index (κ2) is 7.66. The van der Waals surface area contributed by atoms with E-state index in [1.54, 1.807) is 11.3 Å². The number of benzene rings is 2. The molecule has 2 unspecified atom stereocenters. The number of halogens is 1. The van der Waals surface area contributed by atoms with E-state index < -0.39 is 0 Å². The zero-order chi connectivity index (χ0) is 18.4. The molecule has 6 heteroatoms. The summed E-state index contributed by atoms with van der Waals surface area (Å²) in [5.74, 6) is 0.0475. The molecule has 1 N–H and O–H groups in total. The molecule has 5 rings (SSSR count). The Labute approximate surface area is 175 Å². The van der Waals surface area contributed by atoms with Crippen LogP contribution in [0.4, 0.5) is 5.69 Å². The first kappa shape index (κ1) is 19.1. The fourth-order valence-electron chi connectivity index (χ4n) is 4.49. The van der Waals surface area contributed by atoms with Gasteiger partial charge in [0.1, 0.15) is 0 Å². The molecule has 0 radical (unpaired) electrons. The predicted molar refractivity (Wildman–Crippen MR) is 116 cm³/mol. The summed E-state index contributed by atoms with van der Waals surface area (Å²) in [6, 6.07) is 17.3. The Balaban J connectivity index is 0.00000192. The fraction of sp³-hybridized carbons (Fsp3) is 0.273. The number of hydrogen-bond donors (Lipinski definition) is 1. The van der Waals surface area contributed by atoms with E-state index in [4.69, 9.17) is 0 Å². The highest BCUT2D eigenvalue weighted by atomic mass is 35.5. The highest BCUT2D eigenvalue weighted by molar-refractivity contribution is 7.09. The van der Waals surface area contributed by atoms with Crippen molar-refractivity contribution >= 4 is 35.3 Å². The maximum absolute atomic E-state index is 12.7. The lowest BCUT2D eigenvalue weighted by Gasteiger charge is -2.21. The van der Waals surface area contributed by atoms with Crippen LogP contribution in [0.15, 0.2) is 53.9 Å². The number of aromatic nitrogens is 1. The number of aryl methyl sites for hydroxylation is 1. The summed E-state index contributed by atoms with van der Waals surface area (Å²) in [5.41, 5.74) is 5.63. The van der Waals surface area contributed by atoms with Crippen molar-refractivity contribution in [2.75, 3.05) is 11.9 Å². The molecular weight excluding hydrogens is 390 g/mol. The monoisotopic (exact) mass is 411 g/mol. The van der Waals surface area contributed by atoms with E-state index in [0.717, 1.165) is 34.8 Å².